The van der Waals surface area contributed by atoms with Crippen LogP contribution in [0.2, 0.25) is 6.04 Å². The van der Waals surface area contributed by atoms with Crippen LogP contribution in [0.15, 0.2) is 11.3 Å². The minimum atomic E-state index is -0.00806. The number of allylic oxidation sites excluding steroid dienone is 1. The molecule has 0 radical (unpaired) electrons. The maximum atomic E-state index is 5.60. The van der Waals surface area contributed by atoms with Gasteiger partial charge in [-0.1, -0.05) is 5.57 Å². The highest BCUT2D eigenvalue weighted by atomic mass is 28.2. The number of hydrogen-bond acceptors (Lipinski definition) is 2. The van der Waals surface area contributed by atoms with Crippen LogP contribution in [-0.4, -0.2) is 35.3 Å². The van der Waals surface area contributed by atoms with Crippen LogP contribution in [0.4, 0.5) is 0 Å². The molecule has 0 bridgehead atoms. The highest BCUT2D eigenvalue weighted by Crippen LogP contribution is 2.02. The summed E-state index contributed by atoms with van der Waals surface area (Å²) in [5, 5.41) is 3.35. The largest absolute Gasteiger partial charge is 0.376 e. The van der Waals surface area contributed by atoms with Gasteiger partial charge in [0.2, 0.25) is 0 Å². The van der Waals surface area contributed by atoms with Crippen molar-refractivity contribution in [3.05, 3.63) is 11.3 Å². The normalized spacial score (nSPS) is 24.7. The Kier molecular flexibility index (Phi) is 4.57. The summed E-state index contributed by atoms with van der Waals surface area (Å²) in [6.45, 7) is 7.33. The van der Waals surface area contributed by atoms with E-state index < -0.39 is 0 Å². The summed E-state index contributed by atoms with van der Waals surface area (Å²) in [6.07, 6.45) is 0.501. The van der Waals surface area contributed by atoms with Gasteiger partial charge in [-0.25, -0.2) is 0 Å². The Bertz CT molecular complexity index is 149. The Labute approximate surface area is 77.2 Å². The smallest absolute Gasteiger partial charge is 0.0674 e. The molecule has 70 valence electrons. The predicted molar refractivity (Wildman–Crippen MR) is 55.4 cm³/mol. The molecule has 1 rings (SSSR count). The van der Waals surface area contributed by atoms with Crippen molar-refractivity contribution < 1.29 is 4.74 Å². The number of hydrogen-bond donors (Lipinski definition) is 1. The number of ether oxygens (including phenoxy) is 1. The van der Waals surface area contributed by atoms with Gasteiger partial charge in [0, 0.05) is 22.6 Å². The lowest BCUT2D eigenvalue weighted by Crippen LogP contribution is -2.38. The van der Waals surface area contributed by atoms with E-state index in [-0.39, 0.29) is 9.52 Å². The highest BCUT2D eigenvalue weighted by molar-refractivity contribution is 6.42. The van der Waals surface area contributed by atoms with E-state index in [1.807, 2.05) is 0 Å². The molecule has 0 aliphatic carbocycles. The van der Waals surface area contributed by atoms with Gasteiger partial charge in [-0.15, -0.1) is 5.70 Å². The summed E-state index contributed by atoms with van der Waals surface area (Å²) >= 11 is 0. The molecular formula is C9H19NOSi. The molecule has 1 fully saturated rings. The van der Waals surface area contributed by atoms with Crippen molar-refractivity contribution in [3.8, 4) is 0 Å². The van der Waals surface area contributed by atoms with Crippen molar-refractivity contribution in [2.75, 3.05) is 19.7 Å². The van der Waals surface area contributed by atoms with Crippen LogP contribution in [-0.2, 0) is 4.74 Å². The monoisotopic (exact) mass is 185 g/mol. The third-order valence-electron chi connectivity index (χ3n) is 2.05. The lowest BCUT2D eigenvalue weighted by Gasteiger charge is -2.22. The fourth-order valence-corrected chi connectivity index (χ4v) is 2.85. The summed E-state index contributed by atoms with van der Waals surface area (Å²) in [7, 11) is -0.00806. The Morgan fingerprint density at radius 3 is 3.08 bits per heavy atom. The molecule has 3 heteroatoms. The number of rotatable bonds is 3. The SMILES string of the molecule is CC(C)=C[SiH2]CC1CNCCO1. The molecular weight excluding hydrogens is 166 g/mol. The summed E-state index contributed by atoms with van der Waals surface area (Å²) in [4.78, 5) is 0. The van der Waals surface area contributed by atoms with Crippen LogP contribution in [0.1, 0.15) is 13.8 Å². The number of nitrogens with one attached hydrogen (secondary N) is 1. The first-order chi connectivity index (χ1) is 5.79. The molecule has 1 saturated heterocycles. The standard InChI is InChI=1S/C9H19NOSi/c1-8(2)6-12-7-9-5-10-3-4-11-9/h6,9-10H,3-5,7,12H2,1-2H3. The molecule has 0 aromatic rings. The van der Waals surface area contributed by atoms with Crippen LogP contribution in [0.3, 0.4) is 0 Å². The fraction of sp³-hybridized carbons (Fsp3) is 0.778. The maximum Gasteiger partial charge on any atom is 0.0674 e. The zero-order chi connectivity index (χ0) is 8.81. The first-order valence-corrected chi connectivity index (χ1v) is 6.56. The predicted octanol–water partition coefficient (Wildman–Crippen LogP) is 0.486. The van der Waals surface area contributed by atoms with Gasteiger partial charge in [0.05, 0.1) is 12.7 Å². The molecule has 1 unspecified atom stereocenters. The van der Waals surface area contributed by atoms with Crippen LogP contribution in [0, 0.1) is 0 Å². The minimum Gasteiger partial charge on any atom is -0.376 e. The average Bonchev–Trinajstić information content (AvgIpc) is 2.05. The molecule has 0 aromatic carbocycles. The molecule has 1 heterocycles. The summed E-state index contributed by atoms with van der Waals surface area (Å²) in [5.41, 5.74) is 3.88. The quantitative estimate of drug-likeness (QED) is 0.646. The van der Waals surface area contributed by atoms with Gasteiger partial charge in [0.25, 0.3) is 0 Å². The Hall–Kier alpha value is -0.123. The third-order valence-corrected chi connectivity index (χ3v) is 4.13. The fourth-order valence-electron chi connectivity index (χ4n) is 1.36. The van der Waals surface area contributed by atoms with Gasteiger partial charge < -0.3 is 10.1 Å². The van der Waals surface area contributed by atoms with Crippen molar-refractivity contribution in [2.45, 2.75) is 26.0 Å². The third kappa shape index (κ3) is 4.04. The zero-order valence-corrected chi connectivity index (χ0v) is 9.51. The van der Waals surface area contributed by atoms with E-state index in [2.05, 4.69) is 24.9 Å². The Morgan fingerprint density at radius 2 is 2.50 bits per heavy atom. The maximum absolute atomic E-state index is 5.60. The van der Waals surface area contributed by atoms with Gasteiger partial charge in [0.1, 0.15) is 0 Å². The topological polar surface area (TPSA) is 21.3 Å². The van der Waals surface area contributed by atoms with E-state index in [1.54, 1.807) is 0 Å². The van der Waals surface area contributed by atoms with E-state index >= 15 is 0 Å². The van der Waals surface area contributed by atoms with Crippen molar-refractivity contribution in [1.82, 2.24) is 5.32 Å². The van der Waals surface area contributed by atoms with E-state index in [0.717, 1.165) is 19.7 Å². The van der Waals surface area contributed by atoms with Crippen molar-refractivity contribution in [3.63, 3.8) is 0 Å². The van der Waals surface area contributed by atoms with E-state index in [0.29, 0.717) is 6.10 Å². The second kappa shape index (κ2) is 5.51. The Balaban J connectivity index is 2.09. The molecule has 0 amide bonds. The van der Waals surface area contributed by atoms with Crippen LogP contribution in [0.5, 0.6) is 0 Å². The van der Waals surface area contributed by atoms with Gasteiger partial charge in [-0.05, 0) is 19.9 Å². The van der Waals surface area contributed by atoms with Crippen LogP contribution in [0.25, 0.3) is 0 Å². The van der Waals surface area contributed by atoms with Gasteiger partial charge in [-0.2, -0.15) is 0 Å². The second-order valence-electron chi connectivity index (χ2n) is 3.56. The first-order valence-electron chi connectivity index (χ1n) is 4.74. The van der Waals surface area contributed by atoms with Gasteiger partial charge in [0.15, 0.2) is 0 Å². The lowest BCUT2D eigenvalue weighted by molar-refractivity contribution is 0.0412. The van der Waals surface area contributed by atoms with Gasteiger partial charge in [-0.3, -0.25) is 0 Å². The summed E-state index contributed by atoms with van der Waals surface area (Å²) in [6, 6.07) is 1.29. The van der Waals surface area contributed by atoms with E-state index in [4.69, 9.17) is 4.74 Å². The molecule has 12 heavy (non-hydrogen) atoms. The highest BCUT2D eigenvalue weighted by Gasteiger charge is 2.11. The zero-order valence-electron chi connectivity index (χ0n) is 8.10. The second-order valence-corrected chi connectivity index (χ2v) is 5.12. The van der Waals surface area contributed by atoms with Crippen molar-refractivity contribution >= 4 is 9.52 Å². The van der Waals surface area contributed by atoms with Crippen LogP contribution < -0.4 is 5.32 Å². The van der Waals surface area contributed by atoms with E-state index in [9.17, 15) is 0 Å². The minimum absolute atomic E-state index is 0.00806. The summed E-state index contributed by atoms with van der Waals surface area (Å²) < 4.78 is 5.60. The molecule has 0 spiro atoms. The first kappa shape index (κ1) is 9.96. The van der Waals surface area contributed by atoms with E-state index in [1.165, 1.54) is 11.6 Å². The average molecular weight is 185 g/mol. The molecule has 1 atom stereocenters. The van der Waals surface area contributed by atoms with Crippen molar-refractivity contribution in [2.24, 2.45) is 0 Å². The van der Waals surface area contributed by atoms with Crippen molar-refractivity contribution in [1.29, 1.82) is 0 Å². The molecule has 2 nitrogen and oxygen atoms in total. The lowest BCUT2D eigenvalue weighted by atomic mass is 10.3. The molecule has 0 aromatic heterocycles. The summed E-state index contributed by atoms with van der Waals surface area (Å²) in [5.74, 6) is 0. The molecule has 0 saturated carbocycles. The van der Waals surface area contributed by atoms with Crippen LogP contribution >= 0.6 is 0 Å². The van der Waals surface area contributed by atoms with Gasteiger partial charge >= 0.3 is 0 Å². The Morgan fingerprint density at radius 1 is 1.67 bits per heavy atom. The molecule has 1 aliphatic rings. The number of morpholine rings is 1. The molecule has 1 aliphatic heterocycles. The molecule has 1 N–H and O–H groups in total.